The summed E-state index contributed by atoms with van der Waals surface area (Å²) < 4.78 is 36.6. The van der Waals surface area contributed by atoms with Crippen LogP contribution in [0.2, 0.25) is 5.02 Å². The lowest BCUT2D eigenvalue weighted by Gasteiger charge is -2.05. The first-order valence-corrected chi connectivity index (χ1v) is 3.95. The van der Waals surface area contributed by atoms with Gasteiger partial charge in [-0.15, -0.1) is 0 Å². The quantitative estimate of drug-likeness (QED) is 0.745. The van der Waals surface area contributed by atoms with Crippen LogP contribution >= 0.6 is 11.6 Å². The van der Waals surface area contributed by atoms with E-state index in [1.807, 2.05) is 0 Å². The minimum absolute atomic E-state index is 0.0346. The third-order valence-corrected chi connectivity index (χ3v) is 1.94. The predicted molar refractivity (Wildman–Crippen MR) is 43.7 cm³/mol. The van der Waals surface area contributed by atoms with Crippen LogP contribution in [0.25, 0.3) is 0 Å². The van der Waals surface area contributed by atoms with Gasteiger partial charge >= 0.3 is 0 Å². The fourth-order valence-corrected chi connectivity index (χ4v) is 1.16. The van der Waals surface area contributed by atoms with Crippen molar-refractivity contribution in [3.05, 3.63) is 28.0 Å². The number of hydrogen-bond donors (Lipinski definition) is 0. The third kappa shape index (κ3) is 2.12. The number of pyridine rings is 1. The molecular weight excluding hydrogens is 203 g/mol. The molecule has 72 valence electrons. The summed E-state index contributed by atoms with van der Waals surface area (Å²) in [4.78, 5) is 3.56. The molecule has 0 spiro atoms. The maximum absolute atomic E-state index is 12.2. The van der Waals surface area contributed by atoms with Gasteiger partial charge in [-0.25, -0.2) is 13.2 Å². The van der Waals surface area contributed by atoms with E-state index in [-0.39, 0.29) is 22.0 Å². The Labute approximate surface area is 78.5 Å². The van der Waals surface area contributed by atoms with Crippen LogP contribution in [0, 0.1) is 0 Å². The number of hydrogen-bond acceptors (Lipinski definition) is 1. The minimum Gasteiger partial charge on any atom is -0.250 e. The van der Waals surface area contributed by atoms with Crippen LogP contribution in [0.5, 0.6) is 0 Å². The molecular formula is C8H7ClF3N. The molecule has 5 heteroatoms. The van der Waals surface area contributed by atoms with Crippen molar-refractivity contribution in [3.63, 3.8) is 0 Å². The van der Waals surface area contributed by atoms with E-state index in [0.717, 1.165) is 0 Å². The average molecular weight is 210 g/mol. The molecule has 0 aliphatic carbocycles. The summed E-state index contributed by atoms with van der Waals surface area (Å²) in [5.74, 6) is 0. The SMILES string of the molecule is FCc1cc(Cl)c(CF)nc1CF. The molecule has 1 nitrogen and oxygen atoms in total. The molecule has 1 aromatic rings. The Bertz CT molecular complexity index is 304. The predicted octanol–water partition coefficient (Wildman–Crippen LogP) is 3.14. The zero-order valence-electron chi connectivity index (χ0n) is 6.66. The fourth-order valence-electron chi connectivity index (χ4n) is 0.933. The molecule has 0 N–H and O–H groups in total. The van der Waals surface area contributed by atoms with E-state index in [1.54, 1.807) is 0 Å². The molecule has 0 atom stereocenters. The minimum atomic E-state index is -0.913. The third-order valence-electron chi connectivity index (χ3n) is 1.61. The largest absolute Gasteiger partial charge is 0.250 e. The van der Waals surface area contributed by atoms with Gasteiger partial charge in [0.1, 0.15) is 20.0 Å². The van der Waals surface area contributed by atoms with Crippen LogP contribution in [0.4, 0.5) is 13.2 Å². The standard InChI is InChI=1S/C8H7ClF3N/c9-6-1-5(2-10)7(3-11)13-8(6)4-12/h1H,2-4H2. The van der Waals surface area contributed by atoms with Gasteiger partial charge in [-0.1, -0.05) is 11.6 Å². The van der Waals surface area contributed by atoms with E-state index in [0.29, 0.717) is 0 Å². The van der Waals surface area contributed by atoms with Gasteiger partial charge in [0.15, 0.2) is 0 Å². The van der Waals surface area contributed by atoms with Crippen molar-refractivity contribution >= 4 is 11.6 Å². The Hall–Kier alpha value is -0.770. The highest BCUT2D eigenvalue weighted by molar-refractivity contribution is 6.31. The molecule has 1 heterocycles. The molecule has 13 heavy (non-hydrogen) atoms. The van der Waals surface area contributed by atoms with Crippen LogP contribution in [-0.2, 0) is 20.0 Å². The molecule has 0 amide bonds. The van der Waals surface area contributed by atoms with E-state index >= 15 is 0 Å². The van der Waals surface area contributed by atoms with Gasteiger partial charge < -0.3 is 0 Å². The second-order valence-electron chi connectivity index (χ2n) is 2.42. The first-order chi connectivity index (χ1) is 6.22. The van der Waals surface area contributed by atoms with E-state index in [4.69, 9.17) is 11.6 Å². The highest BCUT2D eigenvalue weighted by atomic mass is 35.5. The van der Waals surface area contributed by atoms with Gasteiger partial charge in [0, 0.05) is 5.56 Å². The number of rotatable bonds is 3. The topological polar surface area (TPSA) is 12.9 Å². The van der Waals surface area contributed by atoms with Crippen molar-refractivity contribution in [2.75, 3.05) is 0 Å². The maximum atomic E-state index is 12.2. The van der Waals surface area contributed by atoms with Gasteiger partial charge in [0.25, 0.3) is 0 Å². The average Bonchev–Trinajstić information content (AvgIpc) is 2.17. The number of alkyl halides is 3. The van der Waals surface area contributed by atoms with Gasteiger partial charge in [-0.3, -0.25) is 4.98 Å². The lowest BCUT2D eigenvalue weighted by molar-refractivity contribution is 0.437. The molecule has 0 saturated heterocycles. The van der Waals surface area contributed by atoms with Gasteiger partial charge in [-0.05, 0) is 6.07 Å². The number of nitrogens with zero attached hydrogens (tertiary/aromatic N) is 1. The van der Waals surface area contributed by atoms with E-state index in [2.05, 4.69) is 4.98 Å². The van der Waals surface area contributed by atoms with Crippen LogP contribution in [0.1, 0.15) is 17.0 Å². The van der Waals surface area contributed by atoms with Crippen molar-refractivity contribution < 1.29 is 13.2 Å². The highest BCUT2D eigenvalue weighted by Gasteiger charge is 2.09. The molecule has 1 aromatic heterocycles. The first-order valence-electron chi connectivity index (χ1n) is 3.58. The first kappa shape index (κ1) is 10.3. The molecule has 0 saturated carbocycles. The molecule has 0 radical (unpaired) electrons. The smallest absolute Gasteiger partial charge is 0.133 e. The van der Waals surface area contributed by atoms with Crippen LogP contribution in [-0.4, -0.2) is 4.98 Å². The van der Waals surface area contributed by atoms with Crippen LogP contribution in [0.3, 0.4) is 0 Å². The molecule has 0 aliphatic rings. The molecule has 0 unspecified atom stereocenters. The van der Waals surface area contributed by atoms with Gasteiger partial charge in [0.2, 0.25) is 0 Å². The maximum Gasteiger partial charge on any atom is 0.133 e. The lowest BCUT2D eigenvalue weighted by atomic mass is 10.2. The normalized spacial score (nSPS) is 10.5. The van der Waals surface area contributed by atoms with E-state index in [1.165, 1.54) is 6.07 Å². The number of aromatic nitrogens is 1. The zero-order valence-corrected chi connectivity index (χ0v) is 7.41. The zero-order chi connectivity index (χ0) is 9.84. The van der Waals surface area contributed by atoms with E-state index < -0.39 is 20.0 Å². The van der Waals surface area contributed by atoms with E-state index in [9.17, 15) is 13.2 Å². The Morgan fingerprint density at radius 2 is 1.69 bits per heavy atom. The van der Waals surface area contributed by atoms with Crippen molar-refractivity contribution in [1.29, 1.82) is 0 Å². The lowest BCUT2D eigenvalue weighted by Crippen LogP contribution is -1.99. The van der Waals surface area contributed by atoms with Crippen molar-refractivity contribution in [2.24, 2.45) is 0 Å². The monoisotopic (exact) mass is 209 g/mol. The van der Waals surface area contributed by atoms with Gasteiger partial charge in [-0.2, -0.15) is 0 Å². The van der Waals surface area contributed by atoms with Crippen LogP contribution in [0.15, 0.2) is 6.07 Å². The highest BCUT2D eigenvalue weighted by Crippen LogP contribution is 2.20. The Kier molecular flexibility index (Phi) is 3.54. The van der Waals surface area contributed by atoms with Crippen LogP contribution < -0.4 is 0 Å². The summed E-state index contributed by atoms with van der Waals surface area (Å²) >= 11 is 5.55. The molecule has 0 aliphatic heterocycles. The second kappa shape index (κ2) is 4.46. The summed E-state index contributed by atoms with van der Waals surface area (Å²) in [6.45, 7) is -2.64. The van der Waals surface area contributed by atoms with Crippen molar-refractivity contribution in [3.8, 4) is 0 Å². The summed E-state index contributed by atoms with van der Waals surface area (Å²) in [6.07, 6.45) is 0. The molecule has 0 aromatic carbocycles. The molecule has 0 fully saturated rings. The second-order valence-corrected chi connectivity index (χ2v) is 2.83. The Morgan fingerprint density at radius 3 is 2.15 bits per heavy atom. The van der Waals surface area contributed by atoms with Crippen molar-refractivity contribution in [1.82, 2.24) is 4.98 Å². The number of halogens is 4. The molecule has 0 bridgehead atoms. The van der Waals surface area contributed by atoms with Crippen molar-refractivity contribution in [2.45, 2.75) is 20.0 Å². The Balaban J connectivity index is 3.18. The fraction of sp³-hybridized carbons (Fsp3) is 0.375. The Morgan fingerprint density at radius 1 is 1.08 bits per heavy atom. The summed E-state index contributed by atoms with van der Waals surface area (Å²) in [5.41, 5.74) is -0.0595. The summed E-state index contributed by atoms with van der Waals surface area (Å²) in [6, 6.07) is 1.21. The molecule has 1 rings (SSSR count). The summed E-state index contributed by atoms with van der Waals surface area (Å²) in [5, 5.41) is 0.0346. The van der Waals surface area contributed by atoms with Gasteiger partial charge in [0.05, 0.1) is 16.4 Å². The summed E-state index contributed by atoms with van der Waals surface area (Å²) in [7, 11) is 0.